The molecule has 0 spiro atoms. The molecule has 3 N–H and O–H groups in total. The van der Waals surface area contributed by atoms with Crippen molar-refractivity contribution in [3.63, 3.8) is 0 Å². The molecule has 0 radical (unpaired) electrons. The normalized spacial score (nSPS) is 18.4. The van der Waals surface area contributed by atoms with Crippen molar-refractivity contribution in [2.45, 2.75) is 55.9 Å². The number of fused-ring (bicyclic) bond motifs is 1. The molecule has 64 heavy (non-hydrogen) atoms. The molecule has 6 atom stereocenters. The van der Waals surface area contributed by atoms with Crippen LogP contribution >= 0.6 is 0 Å². The summed E-state index contributed by atoms with van der Waals surface area (Å²) in [5.74, 6) is 0.874. The van der Waals surface area contributed by atoms with Crippen LogP contribution in [-0.2, 0) is 31.0 Å². The quantitative estimate of drug-likeness (QED) is 0.0298. The van der Waals surface area contributed by atoms with E-state index in [9.17, 15) is 15.2 Å². The molecule has 1 aliphatic heterocycles. The number of carbonyl (C=O) groups excluding carboxylic acids is 1. The van der Waals surface area contributed by atoms with Crippen LogP contribution < -0.4 is 15.2 Å². The lowest BCUT2D eigenvalue weighted by Crippen LogP contribution is -2.50. The fraction of sp³-hybridized carbons (Fsp3) is 0.250. The summed E-state index contributed by atoms with van der Waals surface area (Å²) in [7, 11) is 3.16. The number of aliphatic hydroxyl groups is 1. The number of anilines is 1. The number of rotatable bonds is 18. The van der Waals surface area contributed by atoms with Gasteiger partial charge >= 0.3 is 0 Å². The highest BCUT2D eigenvalue weighted by Gasteiger charge is 2.55. The average Bonchev–Trinajstić information content (AvgIpc) is 3.91. The minimum Gasteiger partial charge on any atom is -0.497 e. The zero-order valence-corrected chi connectivity index (χ0v) is 35.2. The third-order valence-corrected chi connectivity index (χ3v) is 11.2. The first-order valence-electron chi connectivity index (χ1n) is 20.5. The van der Waals surface area contributed by atoms with Gasteiger partial charge in [0.25, 0.3) is 5.69 Å². The van der Waals surface area contributed by atoms with Crippen LogP contribution in [0.25, 0.3) is 11.2 Å². The Morgan fingerprint density at radius 1 is 0.844 bits per heavy atom. The lowest BCUT2D eigenvalue weighted by Gasteiger charge is -2.40. The van der Waals surface area contributed by atoms with Gasteiger partial charge in [0.1, 0.15) is 47.3 Å². The zero-order chi connectivity index (χ0) is 44.8. The summed E-state index contributed by atoms with van der Waals surface area (Å²) in [4.78, 5) is 39.0. The summed E-state index contributed by atoms with van der Waals surface area (Å²) in [6.07, 6.45) is -4.52. The van der Waals surface area contributed by atoms with Gasteiger partial charge in [0.2, 0.25) is 0 Å². The number of nitrogen functional groups attached to an aromatic ring is 1. The highest BCUT2D eigenvalue weighted by molar-refractivity contribution is 6.00. The average molecular weight is 867 g/mol. The molecule has 3 heterocycles. The number of nitrogens with zero attached hydrogens (tertiary/aromatic N) is 5. The molecule has 2 unspecified atom stereocenters. The summed E-state index contributed by atoms with van der Waals surface area (Å²) >= 11 is 0. The number of aromatic nitrogens is 4. The standard InChI is InChI=1S/C48H46N6O10/c1-30(61-27-26-31-14-20-36(21-15-31)54(57)58)62-44-41(56)42(63-47(44)53-29-52-39-45(49)50-28-51-46(39)53)43(40(55)32-10-6-4-7-11-32)64-48(33-12-8-5-9-13-33,34-16-22-37(59-2)23-17-34)35-18-24-38(60-3)25-19-35/h4-25,28-30,41-44,47,56H,26-27H2,1-3H3,(H2,49,50,51)/t30?,41-,42+,43?,44-,47-/m1/s1. The Balaban J connectivity index is 1.22. The van der Waals surface area contributed by atoms with E-state index in [0.29, 0.717) is 51.3 Å². The minimum absolute atomic E-state index is 0.0155. The van der Waals surface area contributed by atoms with E-state index in [2.05, 4.69) is 15.0 Å². The monoisotopic (exact) mass is 866 g/mol. The number of nitro benzene ring substituents is 1. The Morgan fingerprint density at radius 2 is 1.44 bits per heavy atom. The number of imidazole rings is 1. The van der Waals surface area contributed by atoms with Crippen LogP contribution in [0.5, 0.6) is 11.5 Å². The number of carbonyl (C=O) groups is 1. The van der Waals surface area contributed by atoms with Crippen LogP contribution in [0.4, 0.5) is 11.5 Å². The number of ether oxygens (including phenoxy) is 6. The van der Waals surface area contributed by atoms with Gasteiger partial charge in [-0.25, -0.2) is 15.0 Å². The van der Waals surface area contributed by atoms with E-state index in [0.717, 1.165) is 5.56 Å². The molecule has 8 rings (SSSR count). The van der Waals surface area contributed by atoms with Gasteiger partial charge in [0.05, 0.1) is 32.1 Å². The summed E-state index contributed by atoms with van der Waals surface area (Å²) in [5.41, 5.74) is 8.38. The van der Waals surface area contributed by atoms with E-state index in [-0.39, 0.29) is 18.1 Å². The third-order valence-electron chi connectivity index (χ3n) is 11.2. The first-order chi connectivity index (χ1) is 31.1. The number of hydrogen-bond acceptors (Lipinski definition) is 14. The molecule has 0 aliphatic carbocycles. The van der Waals surface area contributed by atoms with Crippen molar-refractivity contribution in [2.75, 3.05) is 26.6 Å². The van der Waals surface area contributed by atoms with E-state index >= 15 is 4.79 Å². The molecule has 0 amide bonds. The predicted octanol–water partition coefficient (Wildman–Crippen LogP) is 6.84. The molecule has 1 fully saturated rings. The minimum atomic E-state index is -1.53. The fourth-order valence-corrected chi connectivity index (χ4v) is 8.00. The van der Waals surface area contributed by atoms with Crippen molar-refractivity contribution in [2.24, 2.45) is 0 Å². The number of hydrogen-bond donors (Lipinski definition) is 2. The van der Waals surface area contributed by atoms with Gasteiger partial charge < -0.3 is 39.3 Å². The molecule has 1 saturated heterocycles. The van der Waals surface area contributed by atoms with Gasteiger partial charge in [-0.15, -0.1) is 0 Å². The molecule has 328 valence electrons. The maximum Gasteiger partial charge on any atom is 0.269 e. The van der Waals surface area contributed by atoms with E-state index in [1.165, 1.54) is 24.8 Å². The van der Waals surface area contributed by atoms with Crippen molar-refractivity contribution in [1.29, 1.82) is 0 Å². The number of nitro groups is 1. The van der Waals surface area contributed by atoms with Gasteiger partial charge in [0, 0.05) is 17.7 Å². The number of ketones is 1. The van der Waals surface area contributed by atoms with Crippen LogP contribution in [0, 0.1) is 10.1 Å². The van der Waals surface area contributed by atoms with E-state index in [1.807, 2.05) is 78.9 Å². The van der Waals surface area contributed by atoms with Crippen LogP contribution in [0.2, 0.25) is 0 Å². The second kappa shape index (κ2) is 19.1. The van der Waals surface area contributed by atoms with Crippen molar-refractivity contribution in [3.8, 4) is 11.5 Å². The molecule has 7 aromatic rings. The largest absolute Gasteiger partial charge is 0.497 e. The molecule has 1 aliphatic rings. The van der Waals surface area contributed by atoms with Crippen molar-refractivity contribution < 1.29 is 43.2 Å². The van der Waals surface area contributed by atoms with Crippen LogP contribution in [0.3, 0.4) is 0 Å². The first-order valence-corrected chi connectivity index (χ1v) is 20.5. The second-order valence-corrected chi connectivity index (χ2v) is 15.1. The molecular weight excluding hydrogens is 821 g/mol. The molecule has 5 aromatic carbocycles. The summed E-state index contributed by atoms with van der Waals surface area (Å²) < 4.78 is 39.6. The topological polar surface area (TPSA) is 205 Å². The molecule has 16 nitrogen and oxygen atoms in total. The lowest BCUT2D eigenvalue weighted by molar-refractivity contribution is -0.384. The highest BCUT2D eigenvalue weighted by atomic mass is 16.7. The molecule has 0 saturated carbocycles. The van der Waals surface area contributed by atoms with Crippen molar-refractivity contribution in [3.05, 3.63) is 184 Å². The van der Waals surface area contributed by atoms with Crippen LogP contribution in [-0.4, -0.2) is 86.9 Å². The molecular formula is C48H46N6O10. The van der Waals surface area contributed by atoms with Crippen LogP contribution in [0.15, 0.2) is 146 Å². The van der Waals surface area contributed by atoms with Gasteiger partial charge in [0.15, 0.2) is 35.9 Å². The Labute approximate surface area is 368 Å². The maximum absolute atomic E-state index is 15.2. The first kappa shape index (κ1) is 43.6. The number of nitrogens with two attached hydrogens (primary N) is 1. The number of aliphatic hydroxyl groups excluding tert-OH is 1. The Bertz CT molecular complexity index is 2620. The fourth-order valence-electron chi connectivity index (χ4n) is 8.00. The second-order valence-electron chi connectivity index (χ2n) is 15.1. The maximum atomic E-state index is 15.2. The Morgan fingerprint density at radius 3 is 2.03 bits per heavy atom. The Kier molecular flexibility index (Phi) is 13.0. The number of non-ortho nitro benzene ring substituents is 1. The van der Waals surface area contributed by atoms with E-state index < -0.39 is 53.2 Å². The van der Waals surface area contributed by atoms with Crippen molar-refractivity contribution in [1.82, 2.24) is 19.5 Å². The van der Waals surface area contributed by atoms with Gasteiger partial charge in [-0.3, -0.25) is 19.5 Å². The summed E-state index contributed by atoms with van der Waals surface area (Å²) in [5, 5.41) is 23.8. The van der Waals surface area contributed by atoms with Gasteiger partial charge in [-0.2, -0.15) is 0 Å². The number of benzene rings is 5. The summed E-state index contributed by atoms with van der Waals surface area (Å²) in [6, 6.07) is 39.1. The SMILES string of the molecule is COc1ccc(C(OC(C(=O)c2ccccc2)[C@H]2O[C@@H](n3cnc4c(N)ncnc43)[C@H](OC(C)OCCc3ccc([N+](=O)[O-])cc3)[C@@H]2O)(c2ccccc2)c2ccc(OC)cc2)cc1. The lowest BCUT2D eigenvalue weighted by atomic mass is 9.79. The molecule has 2 aromatic heterocycles. The van der Waals surface area contributed by atoms with Gasteiger partial charge in [-0.05, 0) is 59.9 Å². The van der Waals surface area contributed by atoms with Crippen molar-refractivity contribution >= 4 is 28.5 Å². The smallest absolute Gasteiger partial charge is 0.269 e. The molecule has 16 heteroatoms. The summed E-state index contributed by atoms with van der Waals surface area (Å²) in [6.45, 7) is 1.85. The number of methoxy groups -OCH3 is 2. The third kappa shape index (κ3) is 8.77. The Hall–Kier alpha value is -7.08. The van der Waals surface area contributed by atoms with E-state index in [4.69, 9.17) is 34.2 Å². The number of Topliss-reactive ketones (excluding diaryl/α,β-unsaturated/α-hetero) is 1. The van der Waals surface area contributed by atoms with Crippen LogP contribution in [0.1, 0.15) is 45.8 Å². The zero-order valence-electron chi connectivity index (χ0n) is 35.2. The van der Waals surface area contributed by atoms with Gasteiger partial charge in [-0.1, -0.05) is 97.1 Å². The van der Waals surface area contributed by atoms with E-state index in [1.54, 1.807) is 68.2 Å². The molecule has 0 bridgehead atoms. The highest BCUT2D eigenvalue weighted by Crippen LogP contribution is 2.46. The predicted molar refractivity (Wildman–Crippen MR) is 235 cm³/mol.